The van der Waals surface area contributed by atoms with Gasteiger partial charge in [0.25, 0.3) is 0 Å². The molecule has 7 heteroatoms. The molecule has 0 bridgehead atoms. The number of nitrogens with zero attached hydrogens (tertiary/aromatic N) is 2. The van der Waals surface area contributed by atoms with E-state index in [1.54, 1.807) is 12.1 Å². The van der Waals surface area contributed by atoms with Crippen molar-refractivity contribution in [1.82, 2.24) is 9.97 Å². The maximum atomic E-state index is 11.6. The predicted molar refractivity (Wildman–Crippen MR) is 94.8 cm³/mol. The van der Waals surface area contributed by atoms with Gasteiger partial charge in [-0.1, -0.05) is 12.1 Å². The largest absolute Gasteiger partial charge is 0.481 e. The number of nitrogens with one attached hydrogen (secondary N) is 2. The fourth-order valence-corrected chi connectivity index (χ4v) is 2.32. The van der Waals surface area contributed by atoms with Crippen LogP contribution in [0.25, 0.3) is 10.9 Å². The van der Waals surface area contributed by atoms with E-state index < -0.39 is 5.97 Å². The van der Waals surface area contributed by atoms with Gasteiger partial charge in [0.15, 0.2) is 0 Å². The van der Waals surface area contributed by atoms with Gasteiger partial charge in [-0.05, 0) is 36.4 Å². The Labute approximate surface area is 143 Å². The molecule has 0 radical (unpaired) electrons. The number of fused-ring (bicyclic) bond motifs is 1. The number of rotatable bonds is 6. The van der Waals surface area contributed by atoms with Crippen LogP contribution in [0, 0.1) is 0 Å². The zero-order valence-electron chi connectivity index (χ0n) is 13.3. The second kappa shape index (κ2) is 7.39. The molecule has 126 valence electrons. The van der Waals surface area contributed by atoms with Gasteiger partial charge >= 0.3 is 5.97 Å². The van der Waals surface area contributed by atoms with Crippen LogP contribution in [0.15, 0.2) is 54.9 Å². The molecule has 1 heterocycles. The van der Waals surface area contributed by atoms with Crippen molar-refractivity contribution in [3.8, 4) is 0 Å². The summed E-state index contributed by atoms with van der Waals surface area (Å²) in [5, 5.41) is 15.4. The van der Waals surface area contributed by atoms with Crippen LogP contribution >= 0.6 is 0 Å². The highest BCUT2D eigenvalue weighted by atomic mass is 16.4. The minimum Gasteiger partial charge on any atom is -0.481 e. The van der Waals surface area contributed by atoms with E-state index in [4.69, 9.17) is 5.11 Å². The molecule has 0 aliphatic carbocycles. The van der Waals surface area contributed by atoms with Crippen LogP contribution in [-0.4, -0.2) is 27.0 Å². The first-order chi connectivity index (χ1) is 12.1. The van der Waals surface area contributed by atoms with Gasteiger partial charge < -0.3 is 15.7 Å². The highest BCUT2D eigenvalue weighted by Gasteiger charge is 2.07. The van der Waals surface area contributed by atoms with Crippen molar-refractivity contribution in [2.75, 3.05) is 10.6 Å². The molecule has 1 aromatic heterocycles. The first-order valence-corrected chi connectivity index (χ1v) is 7.70. The molecule has 0 aliphatic rings. The molecule has 0 saturated carbocycles. The Morgan fingerprint density at radius 3 is 2.40 bits per heavy atom. The summed E-state index contributed by atoms with van der Waals surface area (Å²) in [4.78, 5) is 30.6. The van der Waals surface area contributed by atoms with Crippen molar-refractivity contribution < 1.29 is 14.7 Å². The number of hydrogen-bond acceptors (Lipinski definition) is 5. The van der Waals surface area contributed by atoms with Crippen molar-refractivity contribution >= 4 is 40.0 Å². The lowest BCUT2D eigenvalue weighted by Crippen LogP contribution is -2.13. The highest BCUT2D eigenvalue weighted by molar-refractivity contribution is 5.93. The summed E-state index contributed by atoms with van der Waals surface area (Å²) in [5.41, 5.74) is 2.27. The van der Waals surface area contributed by atoms with Crippen LogP contribution in [-0.2, 0) is 9.59 Å². The predicted octanol–water partition coefficient (Wildman–Crippen LogP) is 3.18. The molecule has 3 aromatic rings. The van der Waals surface area contributed by atoms with E-state index in [1.807, 2.05) is 36.4 Å². The monoisotopic (exact) mass is 336 g/mol. The Hall–Kier alpha value is -3.48. The van der Waals surface area contributed by atoms with Gasteiger partial charge in [0.05, 0.1) is 11.9 Å². The Bertz CT molecular complexity index is 904. The third-order valence-corrected chi connectivity index (χ3v) is 3.54. The minimum atomic E-state index is -0.994. The topological polar surface area (TPSA) is 104 Å². The number of amides is 1. The lowest BCUT2D eigenvalue weighted by Gasteiger charge is -2.09. The number of carbonyl (C=O) groups is 2. The molecule has 0 atom stereocenters. The fourth-order valence-electron chi connectivity index (χ4n) is 2.32. The molecule has 25 heavy (non-hydrogen) atoms. The maximum Gasteiger partial charge on any atom is 0.303 e. The van der Waals surface area contributed by atoms with Crippen LogP contribution in [0.4, 0.5) is 17.2 Å². The van der Waals surface area contributed by atoms with Gasteiger partial charge in [-0.3, -0.25) is 9.59 Å². The van der Waals surface area contributed by atoms with E-state index >= 15 is 0 Å². The summed E-state index contributed by atoms with van der Waals surface area (Å²) in [6, 6.07) is 14.8. The quantitative estimate of drug-likeness (QED) is 0.638. The van der Waals surface area contributed by atoms with Crippen molar-refractivity contribution in [3.63, 3.8) is 0 Å². The number of benzene rings is 2. The molecule has 3 N–H and O–H groups in total. The van der Waals surface area contributed by atoms with Gasteiger partial charge in [-0.25, -0.2) is 9.97 Å². The molecular formula is C18H16N4O3. The molecule has 0 spiro atoms. The fraction of sp³-hybridized carbons (Fsp3) is 0.111. The minimum absolute atomic E-state index is 0.0533. The second-order valence-corrected chi connectivity index (χ2v) is 5.38. The van der Waals surface area contributed by atoms with Gasteiger partial charge in [0.2, 0.25) is 5.91 Å². The second-order valence-electron chi connectivity index (χ2n) is 5.38. The smallest absolute Gasteiger partial charge is 0.303 e. The number of anilines is 3. The Kier molecular flexibility index (Phi) is 4.84. The number of aromatic nitrogens is 2. The first-order valence-electron chi connectivity index (χ1n) is 7.70. The molecule has 7 nitrogen and oxygen atoms in total. The van der Waals surface area contributed by atoms with Gasteiger partial charge in [0, 0.05) is 23.2 Å². The molecule has 3 rings (SSSR count). The summed E-state index contributed by atoms with van der Waals surface area (Å²) in [7, 11) is 0. The van der Waals surface area contributed by atoms with Crippen LogP contribution in [0.5, 0.6) is 0 Å². The average molecular weight is 336 g/mol. The molecule has 2 aromatic carbocycles. The molecule has 0 aliphatic heterocycles. The number of carboxylic acid groups (broad SMARTS) is 1. The van der Waals surface area contributed by atoms with E-state index in [2.05, 4.69) is 20.6 Å². The molecule has 0 unspecified atom stereocenters. The third kappa shape index (κ3) is 4.29. The van der Waals surface area contributed by atoms with Crippen molar-refractivity contribution in [1.29, 1.82) is 0 Å². The van der Waals surface area contributed by atoms with Crippen LogP contribution < -0.4 is 10.6 Å². The Morgan fingerprint density at radius 1 is 0.920 bits per heavy atom. The van der Waals surface area contributed by atoms with E-state index in [0.29, 0.717) is 11.5 Å². The molecular weight excluding hydrogens is 320 g/mol. The highest BCUT2D eigenvalue weighted by Crippen LogP contribution is 2.23. The average Bonchev–Trinajstić information content (AvgIpc) is 2.62. The Morgan fingerprint density at radius 2 is 1.64 bits per heavy atom. The molecule has 1 amide bonds. The number of carboxylic acids is 1. The number of carbonyl (C=O) groups excluding carboxylic acids is 1. The lowest BCUT2D eigenvalue weighted by atomic mass is 10.2. The van der Waals surface area contributed by atoms with Crippen LogP contribution in [0.2, 0.25) is 0 Å². The summed E-state index contributed by atoms with van der Waals surface area (Å²) in [5.74, 6) is -0.625. The van der Waals surface area contributed by atoms with Gasteiger partial charge in [-0.15, -0.1) is 0 Å². The van der Waals surface area contributed by atoms with Crippen LogP contribution in [0.3, 0.4) is 0 Å². The lowest BCUT2D eigenvalue weighted by molar-refractivity contribution is -0.138. The van der Waals surface area contributed by atoms with Crippen molar-refractivity contribution in [2.45, 2.75) is 12.8 Å². The zero-order valence-corrected chi connectivity index (χ0v) is 13.3. The molecule has 0 saturated heterocycles. The van der Waals surface area contributed by atoms with Gasteiger partial charge in [0.1, 0.15) is 12.1 Å². The van der Waals surface area contributed by atoms with Gasteiger partial charge in [-0.2, -0.15) is 0 Å². The Balaban J connectivity index is 1.68. The van der Waals surface area contributed by atoms with E-state index in [9.17, 15) is 9.59 Å². The van der Waals surface area contributed by atoms with Crippen molar-refractivity contribution in [2.24, 2.45) is 0 Å². The van der Waals surface area contributed by atoms with Crippen LogP contribution in [0.1, 0.15) is 12.8 Å². The third-order valence-electron chi connectivity index (χ3n) is 3.54. The maximum absolute atomic E-state index is 11.6. The first kappa shape index (κ1) is 16.4. The summed E-state index contributed by atoms with van der Waals surface area (Å²) >= 11 is 0. The summed E-state index contributed by atoms with van der Waals surface area (Å²) in [6.45, 7) is 0. The van der Waals surface area contributed by atoms with E-state index in [-0.39, 0.29) is 18.7 Å². The zero-order chi connectivity index (χ0) is 17.6. The summed E-state index contributed by atoms with van der Waals surface area (Å²) < 4.78 is 0. The number of para-hydroxylation sites is 1. The summed E-state index contributed by atoms with van der Waals surface area (Å²) in [6.07, 6.45) is 1.26. The van der Waals surface area contributed by atoms with Crippen molar-refractivity contribution in [3.05, 3.63) is 54.9 Å². The van der Waals surface area contributed by atoms with E-state index in [0.717, 1.165) is 16.6 Å². The standard InChI is InChI=1S/C18H16N4O3/c23-16(9-10-17(24)25)21-12-5-7-13(8-6-12)22-18-14-3-1-2-4-15(14)19-11-20-18/h1-8,11H,9-10H2,(H,21,23)(H,24,25)(H,19,20,22). The molecule has 0 fully saturated rings. The SMILES string of the molecule is O=C(O)CCC(=O)Nc1ccc(Nc2ncnc3ccccc23)cc1. The normalized spacial score (nSPS) is 10.4. The van der Waals surface area contributed by atoms with E-state index in [1.165, 1.54) is 6.33 Å². The number of hydrogen-bond donors (Lipinski definition) is 3. The number of aliphatic carboxylic acids is 1.